The number of phosphoric acid groups is 1. The summed E-state index contributed by atoms with van der Waals surface area (Å²) in [6.07, 6.45) is 58.9. The van der Waals surface area contributed by atoms with Gasteiger partial charge in [-0.05, 0) is 70.6 Å². The summed E-state index contributed by atoms with van der Waals surface area (Å²) in [5.41, 5.74) is 0. The summed E-state index contributed by atoms with van der Waals surface area (Å²) in [6, 6.07) is 0. The Kier molecular flexibility index (Phi) is 47.2. The van der Waals surface area contributed by atoms with Gasteiger partial charge in [-0.3, -0.25) is 9.36 Å². The van der Waals surface area contributed by atoms with Gasteiger partial charge in [-0.25, -0.2) is 0 Å². The number of rotatable bonds is 51. The second-order valence-electron chi connectivity index (χ2n) is 19.6. The lowest BCUT2D eigenvalue weighted by Gasteiger charge is -2.28. The third-order valence-corrected chi connectivity index (χ3v) is 12.9. The highest BCUT2D eigenvalue weighted by atomic mass is 31.2. The average molecular weight is 924 g/mol. The molecule has 0 aromatic rings. The van der Waals surface area contributed by atoms with Gasteiger partial charge in [0.2, 0.25) is 0 Å². The smallest absolute Gasteiger partial charge is 0.306 e. The summed E-state index contributed by atoms with van der Waals surface area (Å²) in [5, 5.41) is 0. The van der Waals surface area contributed by atoms with Crippen molar-refractivity contribution in [3.8, 4) is 0 Å². The molecule has 2 unspecified atom stereocenters. The molecule has 0 radical (unpaired) electrons. The molecular formula is C55H106NO7P. The van der Waals surface area contributed by atoms with Crippen molar-refractivity contribution in [2.45, 2.75) is 258 Å². The highest BCUT2D eigenvalue weighted by Gasteiger charge is 2.20. The third-order valence-electron chi connectivity index (χ3n) is 11.9. The molecule has 0 saturated carbocycles. The van der Waals surface area contributed by atoms with Gasteiger partial charge in [-0.2, -0.15) is 0 Å². The van der Waals surface area contributed by atoms with Crippen molar-refractivity contribution in [3.05, 3.63) is 36.5 Å². The van der Waals surface area contributed by atoms with Crippen LogP contribution in [0.4, 0.5) is 0 Å². The summed E-state index contributed by atoms with van der Waals surface area (Å²) in [4.78, 5) is 25.2. The highest BCUT2D eigenvalue weighted by Crippen LogP contribution is 2.38. The van der Waals surface area contributed by atoms with Crippen LogP contribution in [-0.2, 0) is 27.9 Å². The number of phosphoric ester groups is 1. The van der Waals surface area contributed by atoms with Gasteiger partial charge in [0.1, 0.15) is 19.3 Å². The van der Waals surface area contributed by atoms with Crippen LogP contribution in [0.15, 0.2) is 36.5 Å². The Labute approximate surface area is 397 Å². The van der Waals surface area contributed by atoms with Crippen molar-refractivity contribution in [2.75, 3.05) is 54.1 Å². The molecule has 0 aromatic carbocycles. The molecule has 378 valence electrons. The molecular weight excluding hydrogens is 818 g/mol. The molecule has 0 rings (SSSR count). The minimum absolute atomic E-state index is 0.0257. The molecule has 0 bridgehead atoms. The van der Waals surface area contributed by atoms with E-state index in [2.05, 4.69) is 50.3 Å². The van der Waals surface area contributed by atoms with Gasteiger partial charge >= 0.3 is 5.97 Å². The van der Waals surface area contributed by atoms with E-state index in [1.807, 2.05) is 21.1 Å². The average Bonchev–Trinajstić information content (AvgIpc) is 3.25. The van der Waals surface area contributed by atoms with E-state index in [-0.39, 0.29) is 25.8 Å². The van der Waals surface area contributed by atoms with Gasteiger partial charge in [0.05, 0.1) is 34.4 Å². The lowest BCUT2D eigenvalue weighted by Crippen LogP contribution is -2.37. The Balaban J connectivity index is 4.09. The van der Waals surface area contributed by atoms with Crippen LogP contribution in [0.3, 0.4) is 0 Å². The molecule has 8 nitrogen and oxygen atoms in total. The number of unbranched alkanes of at least 4 members (excludes halogenated alkanes) is 31. The fraction of sp³-hybridized carbons (Fsp3) is 0.873. The van der Waals surface area contributed by atoms with Gasteiger partial charge < -0.3 is 27.9 Å². The van der Waals surface area contributed by atoms with E-state index in [1.54, 1.807) is 0 Å². The predicted octanol–water partition coefficient (Wildman–Crippen LogP) is 16.3. The van der Waals surface area contributed by atoms with Crippen molar-refractivity contribution < 1.29 is 37.3 Å². The summed E-state index contributed by atoms with van der Waals surface area (Å²) in [5.74, 6) is -0.336. The highest BCUT2D eigenvalue weighted by molar-refractivity contribution is 7.45. The number of likely N-dealkylation sites (N-methyl/N-ethyl adjacent to an activating group) is 1. The van der Waals surface area contributed by atoms with Crippen LogP contribution in [-0.4, -0.2) is 70.7 Å². The molecule has 64 heavy (non-hydrogen) atoms. The molecule has 0 amide bonds. The molecule has 0 aliphatic rings. The van der Waals surface area contributed by atoms with Crippen molar-refractivity contribution >= 4 is 13.8 Å². The van der Waals surface area contributed by atoms with Gasteiger partial charge in [0.25, 0.3) is 7.82 Å². The summed E-state index contributed by atoms with van der Waals surface area (Å²) >= 11 is 0. The van der Waals surface area contributed by atoms with E-state index >= 15 is 0 Å². The quantitative estimate of drug-likeness (QED) is 0.0197. The minimum Gasteiger partial charge on any atom is -0.756 e. The fourth-order valence-corrected chi connectivity index (χ4v) is 8.42. The summed E-state index contributed by atoms with van der Waals surface area (Å²) in [6.45, 7) is 5.43. The van der Waals surface area contributed by atoms with E-state index in [0.29, 0.717) is 24.1 Å². The standard InChI is InChI=1S/C55H106NO7P/c1-6-8-10-12-14-16-18-20-22-24-26-27-28-29-30-31-33-35-37-39-41-43-45-47-50-60-52-54(53-62-64(58,59)61-51-49-56(3,4)5)63-55(57)48-46-44-42-40-38-36-34-32-25-23-21-19-17-15-13-11-9-7-2/h18,20,23-26,54H,6-17,19,21-22,27-53H2,1-5H3/b20-18-,25-23-,26-24-. The van der Waals surface area contributed by atoms with E-state index < -0.39 is 13.9 Å². The van der Waals surface area contributed by atoms with Crippen molar-refractivity contribution in [1.82, 2.24) is 0 Å². The first-order chi connectivity index (χ1) is 31.1. The van der Waals surface area contributed by atoms with Gasteiger partial charge in [-0.15, -0.1) is 0 Å². The maximum Gasteiger partial charge on any atom is 0.306 e. The first-order valence-electron chi connectivity index (χ1n) is 27.2. The Hall–Kier alpha value is -1.28. The molecule has 9 heteroatoms. The van der Waals surface area contributed by atoms with Crippen LogP contribution >= 0.6 is 7.82 Å². The summed E-state index contributed by atoms with van der Waals surface area (Å²) < 4.78 is 34.8. The molecule has 0 aliphatic heterocycles. The first-order valence-corrected chi connectivity index (χ1v) is 28.7. The Morgan fingerprint density at radius 2 is 0.859 bits per heavy atom. The number of esters is 1. The van der Waals surface area contributed by atoms with Crippen molar-refractivity contribution in [3.63, 3.8) is 0 Å². The largest absolute Gasteiger partial charge is 0.756 e. The van der Waals surface area contributed by atoms with Crippen molar-refractivity contribution in [2.24, 2.45) is 0 Å². The Morgan fingerprint density at radius 1 is 0.484 bits per heavy atom. The van der Waals surface area contributed by atoms with E-state index in [0.717, 1.165) is 38.5 Å². The Bertz CT molecular complexity index is 1120. The van der Waals surface area contributed by atoms with Gasteiger partial charge in [-0.1, -0.05) is 211 Å². The molecule has 0 spiro atoms. The zero-order chi connectivity index (χ0) is 46.9. The summed E-state index contributed by atoms with van der Waals surface area (Å²) in [7, 11) is 1.36. The van der Waals surface area contributed by atoms with Crippen LogP contribution in [0.5, 0.6) is 0 Å². The second kappa shape index (κ2) is 48.2. The number of carbonyl (C=O) groups excluding carboxylic acids is 1. The molecule has 0 fully saturated rings. The first kappa shape index (κ1) is 62.7. The lowest BCUT2D eigenvalue weighted by atomic mass is 10.0. The normalized spacial score (nSPS) is 13.8. The van der Waals surface area contributed by atoms with Crippen LogP contribution < -0.4 is 4.89 Å². The lowest BCUT2D eigenvalue weighted by molar-refractivity contribution is -0.870. The SMILES string of the molecule is CCCCCCC/C=C\C/C=C\CCCCCCCCCCCCCCOCC(COP(=O)([O-])OCC[N+](C)(C)C)OC(=O)CCCCCCCCC/C=C\CCCCCCCCC. The molecule has 2 atom stereocenters. The number of allylic oxidation sites excluding steroid dienone is 6. The number of nitrogens with zero attached hydrogens (tertiary/aromatic N) is 1. The van der Waals surface area contributed by atoms with E-state index in [9.17, 15) is 14.3 Å². The molecule has 0 N–H and O–H groups in total. The van der Waals surface area contributed by atoms with Gasteiger partial charge in [0.15, 0.2) is 0 Å². The molecule has 0 aromatic heterocycles. The third kappa shape index (κ3) is 51.7. The number of ether oxygens (including phenoxy) is 2. The predicted molar refractivity (Wildman–Crippen MR) is 273 cm³/mol. The van der Waals surface area contributed by atoms with E-state index in [1.165, 1.54) is 193 Å². The Morgan fingerprint density at radius 3 is 1.28 bits per heavy atom. The van der Waals surface area contributed by atoms with Crippen LogP contribution in [0, 0.1) is 0 Å². The monoisotopic (exact) mass is 924 g/mol. The van der Waals surface area contributed by atoms with Gasteiger partial charge in [0, 0.05) is 13.0 Å². The van der Waals surface area contributed by atoms with E-state index in [4.69, 9.17) is 18.5 Å². The maximum absolute atomic E-state index is 12.8. The van der Waals surface area contributed by atoms with Crippen LogP contribution in [0.2, 0.25) is 0 Å². The number of hydrogen-bond donors (Lipinski definition) is 0. The molecule has 0 heterocycles. The number of carbonyl (C=O) groups is 1. The van der Waals surface area contributed by atoms with Crippen LogP contribution in [0.1, 0.15) is 251 Å². The number of quaternary nitrogens is 1. The topological polar surface area (TPSA) is 94.1 Å². The second-order valence-corrected chi connectivity index (χ2v) is 21.0. The molecule has 0 saturated heterocycles. The zero-order valence-corrected chi connectivity index (χ0v) is 43.9. The minimum atomic E-state index is -4.53. The fourth-order valence-electron chi connectivity index (χ4n) is 7.69. The van der Waals surface area contributed by atoms with Crippen LogP contribution in [0.25, 0.3) is 0 Å². The zero-order valence-electron chi connectivity index (χ0n) is 43.0. The number of hydrogen-bond acceptors (Lipinski definition) is 7. The maximum atomic E-state index is 12.8. The molecule has 0 aliphatic carbocycles. The van der Waals surface area contributed by atoms with Crippen molar-refractivity contribution in [1.29, 1.82) is 0 Å².